The van der Waals surface area contributed by atoms with Gasteiger partial charge in [-0.3, -0.25) is 0 Å². The van der Waals surface area contributed by atoms with Crippen LogP contribution in [0.2, 0.25) is 0 Å². The lowest BCUT2D eigenvalue weighted by molar-refractivity contribution is 0.392. The van der Waals surface area contributed by atoms with E-state index in [2.05, 4.69) is 26.1 Å². The summed E-state index contributed by atoms with van der Waals surface area (Å²) in [5, 5.41) is 4.46. The Balaban J connectivity index is 2.34. The molecule has 3 nitrogen and oxygen atoms in total. The van der Waals surface area contributed by atoms with E-state index in [9.17, 15) is 0 Å². The van der Waals surface area contributed by atoms with Crippen LogP contribution in [0.5, 0.6) is 0 Å². The van der Waals surface area contributed by atoms with E-state index in [1.165, 1.54) is 5.56 Å². The van der Waals surface area contributed by atoms with Crippen molar-refractivity contribution in [2.45, 2.75) is 12.3 Å². The van der Waals surface area contributed by atoms with Crippen molar-refractivity contribution in [3.05, 3.63) is 35.7 Å². The maximum absolute atomic E-state index is 4.99. The highest BCUT2D eigenvalue weighted by Crippen LogP contribution is 2.16. The van der Waals surface area contributed by atoms with Crippen LogP contribution in [0.4, 0.5) is 0 Å². The van der Waals surface area contributed by atoms with Gasteiger partial charge in [-0.05, 0) is 6.92 Å². The van der Waals surface area contributed by atoms with Crippen LogP contribution in [0.1, 0.15) is 11.5 Å². The number of nitrogens with zero attached hydrogens (tertiary/aromatic N) is 2. The smallest absolute Gasteiger partial charge is 0.237 e. The van der Waals surface area contributed by atoms with Gasteiger partial charge in [0.15, 0.2) is 0 Å². The predicted octanol–water partition coefficient (Wildman–Crippen LogP) is 2.94. The zero-order chi connectivity index (χ0) is 9.97. The van der Waals surface area contributed by atoms with Crippen LogP contribution in [0, 0.1) is 6.92 Å². The Hall–Kier alpha value is -1.16. The van der Waals surface area contributed by atoms with Crippen molar-refractivity contribution >= 4 is 15.9 Å². The molecule has 0 saturated heterocycles. The first kappa shape index (κ1) is 9.40. The summed E-state index contributed by atoms with van der Waals surface area (Å²) in [5.41, 5.74) is 2.20. The molecule has 0 aliphatic carbocycles. The minimum atomic E-state index is 0.589. The van der Waals surface area contributed by atoms with Crippen LogP contribution in [-0.2, 0) is 5.33 Å². The maximum atomic E-state index is 4.99. The lowest BCUT2D eigenvalue weighted by Gasteiger charge is -1.94. The fourth-order valence-corrected chi connectivity index (χ4v) is 1.36. The zero-order valence-corrected chi connectivity index (χ0v) is 9.28. The zero-order valence-electron chi connectivity index (χ0n) is 7.70. The van der Waals surface area contributed by atoms with Gasteiger partial charge in [-0.2, -0.15) is 4.98 Å². The second-order valence-electron chi connectivity index (χ2n) is 3.01. The SMILES string of the molecule is Cc1ccc(-c2noc(CBr)n2)cc1. The van der Waals surface area contributed by atoms with E-state index in [0.717, 1.165) is 5.56 Å². The van der Waals surface area contributed by atoms with Gasteiger partial charge in [0.1, 0.15) is 0 Å². The highest BCUT2D eigenvalue weighted by Gasteiger charge is 2.06. The molecule has 72 valence electrons. The van der Waals surface area contributed by atoms with Crippen LogP contribution in [0.15, 0.2) is 28.8 Å². The fraction of sp³-hybridized carbons (Fsp3) is 0.200. The first-order chi connectivity index (χ1) is 6.79. The van der Waals surface area contributed by atoms with Gasteiger partial charge >= 0.3 is 0 Å². The van der Waals surface area contributed by atoms with Gasteiger partial charge in [0.25, 0.3) is 0 Å². The van der Waals surface area contributed by atoms with Gasteiger partial charge in [0, 0.05) is 5.56 Å². The van der Waals surface area contributed by atoms with E-state index < -0.39 is 0 Å². The molecule has 2 aromatic rings. The number of aryl methyl sites for hydroxylation is 1. The quantitative estimate of drug-likeness (QED) is 0.772. The fourth-order valence-electron chi connectivity index (χ4n) is 1.13. The van der Waals surface area contributed by atoms with Crippen LogP contribution >= 0.6 is 15.9 Å². The molecule has 0 fully saturated rings. The van der Waals surface area contributed by atoms with Crippen molar-refractivity contribution in [3.63, 3.8) is 0 Å². The number of halogens is 1. The molecular formula is C10H9BrN2O. The summed E-state index contributed by atoms with van der Waals surface area (Å²) in [6, 6.07) is 8.02. The average molecular weight is 253 g/mol. The molecule has 0 aliphatic rings. The first-order valence-electron chi connectivity index (χ1n) is 4.25. The van der Waals surface area contributed by atoms with Crippen molar-refractivity contribution in [1.29, 1.82) is 0 Å². The third-order valence-corrected chi connectivity index (χ3v) is 2.37. The lowest BCUT2D eigenvalue weighted by Crippen LogP contribution is -1.81. The van der Waals surface area contributed by atoms with Crippen molar-refractivity contribution in [2.24, 2.45) is 0 Å². The monoisotopic (exact) mass is 252 g/mol. The molecule has 0 saturated carbocycles. The number of hydrogen-bond donors (Lipinski definition) is 0. The largest absolute Gasteiger partial charge is 0.338 e. The lowest BCUT2D eigenvalue weighted by atomic mass is 10.1. The molecule has 0 N–H and O–H groups in total. The molecule has 2 rings (SSSR count). The summed E-state index contributed by atoms with van der Waals surface area (Å²) in [4.78, 5) is 4.20. The van der Waals surface area contributed by atoms with Crippen LogP contribution in [0.25, 0.3) is 11.4 Å². The second kappa shape index (κ2) is 3.92. The Morgan fingerprint density at radius 2 is 2.00 bits per heavy atom. The highest BCUT2D eigenvalue weighted by atomic mass is 79.9. The molecule has 0 amide bonds. The Kier molecular flexibility index (Phi) is 2.63. The summed E-state index contributed by atoms with van der Waals surface area (Å²) in [7, 11) is 0. The highest BCUT2D eigenvalue weighted by molar-refractivity contribution is 9.08. The van der Waals surface area contributed by atoms with Crippen LogP contribution < -0.4 is 0 Å². The Morgan fingerprint density at radius 3 is 2.57 bits per heavy atom. The molecular weight excluding hydrogens is 244 g/mol. The summed E-state index contributed by atoms with van der Waals surface area (Å²) in [5.74, 6) is 1.24. The van der Waals surface area contributed by atoms with E-state index in [0.29, 0.717) is 17.0 Å². The van der Waals surface area contributed by atoms with Crippen LogP contribution in [0.3, 0.4) is 0 Å². The molecule has 1 aromatic heterocycles. The molecule has 0 bridgehead atoms. The Morgan fingerprint density at radius 1 is 1.29 bits per heavy atom. The van der Waals surface area contributed by atoms with E-state index >= 15 is 0 Å². The number of hydrogen-bond acceptors (Lipinski definition) is 3. The van der Waals surface area contributed by atoms with Gasteiger partial charge in [0.2, 0.25) is 11.7 Å². The number of rotatable bonds is 2. The summed E-state index contributed by atoms with van der Waals surface area (Å²) in [6.45, 7) is 2.05. The topological polar surface area (TPSA) is 38.9 Å². The first-order valence-corrected chi connectivity index (χ1v) is 5.37. The van der Waals surface area contributed by atoms with Gasteiger partial charge in [-0.1, -0.05) is 50.9 Å². The Bertz CT molecular complexity index is 422. The maximum Gasteiger partial charge on any atom is 0.237 e. The number of benzene rings is 1. The van der Waals surface area contributed by atoms with E-state index in [-0.39, 0.29) is 0 Å². The Labute approximate surface area is 90.3 Å². The molecule has 0 unspecified atom stereocenters. The molecule has 4 heteroatoms. The standard InChI is InChI=1S/C10H9BrN2O/c1-7-2-4-8(5-3-7)10-12-9(6-11)14-13-10/h2-5H,6H2,1H3. The summed E-state index contributed by atoms with van der Waals surface area (Å²) < 4.78 is 4.99. The van der Waals surface area contributed by atoms with Crippen molar-refractivity contribution in [3.8, 4) is 11.4 Å². The van der Waals surface area contributed by atoms with Crippen molar-refractivity contribution in [1.82, 2.24) is 10.1 Å². The van der Waals surface area contributed by atoms with Crippen LogP contribution in [-0.4, -0.2) is 10.1 Å². The third kappa shape index (κ3) is 1.85. The minimum absolute atomic E-state index is 0.589. The molecule has 1 aromatic carbocycles. The van der Waals surface area contributed by atoms with Gasteiger partial charge in [-0.15, -0.1) is 0 Å². The van der Waals surface area contributed by atoms with Gasteiger partial charge < -0.3 is 4.52 Å². The molecule has 1 heterocycles. The summed E-state index contributed by atoms with van der Waals surface area (Å²) >= 11 is 3.26. The van der Waals surface area contributed by atoms with Gasteiger partial charge in [-0.25, -0.2) is 0 Å². The average Bonchev–Trinajstić information content (AvgIpc) is 2.67. The molecule has 14 heavy (non-hydrogen) atoms. The molecule has 0 radical (unpaired) electrons. The molecule has 0 atom stereocenters. The third-order valence-electron chi connectivity index (χ3n) is 1.89. The normalized spacial score (nSPS) is 10.4. The molecule has 0 spiro atoms. The summed E-state index contributed by atoms with van der Waals surface area (Å²) in [6.07, 6.45) is 0. The predicted molar refractivity (Wildman–Crippen MR) is 57.1 cm³/mol. The second-order valence-corrected chi connectivity index (χ2v) is 3.57. The number of aromatic nitrogens is 2. The van der Waals surface area contributed by atoms with E-state index in [1.807, 2.05) is 31.2 Å². The van der Waals surface area contributed by atoms with Gasteiger partial charge in [0.05, 0.1) is 5.33 Å². The molecule has 0 aliphatic heterocycles. The van der Waals surface area contributed by atoms with E-state index in [1.54, 1.807) is 0 Å². The van der Waals surface area contributed by atoms with E-state index in [4.69, 9.17) is 4.52 Å². The van der Waals surface area contributed by atoms with Crippen molar-refractivity contribution < 1.29 is 4.52 Å². The number of alkyl halides is 1. The van der Waals surface area contributed by atoms with Crippen molar-refractivity contribution in [2.75, 3.05) is 0 Å². The minimum Gasteiger partial charge on any atom is -0.338 e.